The molecule has 1 aliphatic carbocycles. The van der Waals surface area contributed by atoms with Crippen molar-refractivity contribution in [2.45, 2.75) is 50.3 Å². The van der Waals surface area contributed by atoms with E-state index in [0.717, 1.165) is 25.7 Å². The van der Waals surface area contributed by atoms with Gasteiger partial charge in [0.1, 0.15) is 0 Å². The fourth-order valence-electron chi connectivity index (χ4n) is 2.48. The smallest absolute Gasteiger partial charge is 0.325 e. The number of sulfonamides is 1. The number of rotatable bonds is 6. The number of carbonyl (C=O) groups excluding carboxylic acids is 1. The molecule has 6 nitrogen and oxygen atoms in total. The van der Waals surface area contributed by atoms with Gasteiger partial charge in [0.25, 0.3) is 0 Å². The minimum absolute atomic E-state index is 0.248. The van der Waals surface area contributed by atoms with Crippen LogP contribution in [-0.2, 0) is 19.6 Å². The SMILES string of the molecule is COC(=O)C(C)S(=O)(=O)NC(CN)C1CCCCC1. The van der Waals surface area contributed by atoms with Crippen LogP contribution in [0.3, 0.4) is 0 Å². The molecule has 1 aliphatic rings. The Morgan fingerprint density at radius 2 is 1.95 bits per heavy atom. The van der Waals surface area contributed by atoms with Crippen LogP contribution in [-0.4, -0.2) is 39.3 Å². The van der Waals surface area contributed by atoms with Crippen LogP contribution in [0.1, 0.15) is 39.0 Å². The molecule has 0 aromatic heterocycles. The summed E-state index contributed by atoms with van der Waals surface area (Å²) in [6.45, 7) is 1.57. The lowest BCUT2D eigenvalue weighted by Crippen LogP contribution is -2.50. The Labute approximate surface area is 115 Å². The Morgan fingerprint density at radius 1 is 1.37 bits per heavy atom. The van der Waals surface area contributed by atoms with E-state index < -0.39 is 21.2 Å². The highest BCUT2D eigenvalue weighted by atomic mass is 32.2. The van der Waals surface area contributed by atoms with Gasteiger partial charge in [-0.2, -0.15) is 0 Å². The van der Waals surface area contributed by atoms with Crippen LogP contribution in [0.25, 0.3) is 0 Å². The highest BCUT2D eigenvalue weighted by Crippen LogP contribution is 2.26. The molecule has 19 heavy (non-hydrogen) atoms. The number of carbonyl (C=O) groups is 1. The van der Waals surface area contributed by atoms with Crippen LogP contribution in [0.15, 0.2) is 0 Å². The summed E-state index contributed by atoms with van der Waals surface area (Å²) >= 11 is 0. The van der Waals surface area contributed by atoms with Crippen LogP contribution in [0.5, 0.6) is 0 Å². The van der Waals surface area contributed by atoms with Crippen molar-refractivity contribution >= 4 is 16.0 Å². The van der Waals surface area contributed by atoms with Crippen LogP contribution >= 0.6 is 0 Å². The average molecular weight is 292 g/mol. The molecule has 1 saturated carbocycles. The second-order valence-electron chi connectivity index (χ2n) is 5.07. The topological polar surface area (TPSA) is 98.5 Å². The minimum Gasteiger partial charge on any atom is -0.468 e. The van der Waals surface area contributed by atoms with E-state index in [4.69, 9.17) is 5.73 Å². The molecule has 0 radical (unpaired) electrons. The van der Waals surface area contributed by atoms with E-state index in [1.165, 1.54) is 20.5 Å². The second-order valence-corrected chi connectivity index (χ2v) is 7.10. The van der Waals surface area contributed by atoms with Gasteiger partial charge in [0.05, 0.1) is 7.11 Å². The summed E-state index contributed by atoms with van der Waals surface area (Å²) in [7, 11) is -2.56. The third-order valence-corrected chi connectivity index (χ3v) is 5.54. The van der Waals surface area contributed by atoms with Crippen molar-refractivity contribution in [1.29, 1.82) is 0 Å². The standard InChI is InChI=1S/C12H24N2O4S/c1-9(12(15)18-2)19(16,17)14-11(8-13)10-6-4-3-5-7-10/h9-11,14H,3-8,13H2,1-2H3. The molecule has 1 fully saturated rings. The third kappa shape index (κ3) is 4.43. The number of ether oxygens (including phenoxy) is 1. The molecule has 2 atom stereocenters. The largest absolute Gasteiger partial charge is 0.468 e. The third-order valence-electron chi connectivity index (χ3n) is 3.79. The lowest BCUT2D eigenvalue weighted by atomic mass is 9.84. The number of methoxy groups -OCH3 is 1. The van der Waals surface area contributed by atoms with Crippen molar-refractivity contribution in [1.82, 2.24) is 4.72 Å². The molecule has 7 heteroatoms. The molecular weight excluding hydrogens is 268 g/mol. The van der Waals surface area contributed by atoms with Crippen LogP contribution in [0.2, 0.25) is 0 Å². The minimum atomic E-state index is -3.74. The van der Waals surface area contributed by atoms with E-state index in [-0.39, 0.29) is 18.5 Å². The molecule has 1 rings (SSSR count). The van der Waals surface area contributed by atoms with Gasteiger partial charge in [0.15, 0.2) is 5.25 Å². The first-order valence-electron chi connectivity index (χ1n) is 6.71. The quantitative estimate of drug-likeness (QED) is 0.689. The Balaban J connectivity index is 2.70. The number of esters is 1. The van der Waals surface area contributed by atoms with E-state index >= 15 is 0 Å². The molecule has 0 spiro atoms. The average Bonchev–Trinajstić information content (AvgIpc) is 2.44. The van der Waals surface area contributed by atoms with Gasteiger partial charge in [-0.15, -0.1) is 0 Å². The summed E-state index contributed by atoms with van der Waals surface area (Å²) < 4.78 is 31.2. The van der Waals surface area contributed by atoms with E-state index in [9.17, 15) is 13.2 Å². The molecule has 2 unspecified atom stereocenters. The Bertz CT molecular complexity index is 391. The monoisotopic (exact) mass is 292 g/mol. The maximum Gasteiger partial charge on any atom is 0.325 e. The Hall–Kier alpha value is -0.660. The zero-order chi connectivity index (χ0) is 14.5. The Kier molecular flexibility index (Phi) is 6.22. The molecule has 0 amide bonds. The number of hydrogen-bond acceptors (Lipinski definition) is 5. The molecule has 0 saturated heterocycles. The van der Waals surface area contributed by atoms with Gasteiger partial charge >= 0.3 is 5.97 Å². The highest BCUT2D eigenvalue weighted by Gasteiger charge is 2.33. The predicted molar refractivity (Wildman–Crippen MR) is 73.0 cm³/mol. The van der Waals surface area contributed by atoms with Gasteiger partial charge in [-0.3, -0.25) is 4.79 Å². The highest BCUT2D eigenvalue weighted by molar-refractivity contribution is 7.90. The molecular formula is C12H24N2O4S. The molecule has 3 N–H and O–H groups in total. The van der Waals surface area contributed by atoms with Crippen molar-refractivity contribution in [2.75, 3.05) is 13.7 Å². The van der Waals surface area contributed by atoms with Crippen LogP contribution < -0.4 is 10.5 Å². The molecule has 0 aromatic rings. The zero-order valence-electron chi connectivity index (χ0n) is 11.6. The van der Waals surface area contributed by atoms with Gasteiger partial charge < -0.3 is 10.5 Å². The molecule has 0 heterocycles. The first-order valence-corrected chi connectivity index (χ1v) is 8.26. The lowest BCUT2D eigenvalue weighted by Gasteiger charge is -2.30. The molecule has 0 bridgehead atoms. The van der Waals surface area contributed by atoms with Crippen molar-refractivity contribution < 1.29 is 17.9 Å². The maximum atomic E-state index is 12.1. The van der Waals surface area contributed by atoms with Gasteiger partial charge in [-0.1, -0.05) is 19.3 Å². The van der Waals surface area contributed by atoms with Gasteiger partial charge in [-0.05, 0) is 25.7 Å². The van der Waals surface area contributed by atoms with E-state index in [0.29, 0.717) is 0 Å². The molecule has 0 aliphatic heterocycles. The fraction of sp³-hybridized carbons (Fsp3) is 0.917. The summed E-state index contributed by atoms with van der Waals surface area (Å²) in [4.78, 5) is 11.3. The summed E-state index contributed by atoms with van der Waals surface area (Å²) in [6, 6.07) is -0.294. The van der Waals surface area contributed by atoms with Crippen molar-refractivity contribution in [3.63, 3.8) is 0 Å². The van der Waals surface area contributed by atoms with Crippen LogP contribution in [0, 0.1) is 5.92 Å². The maximum absolute atomic E-state index is 12.1. The lowest BCUT2D eigenvalue weighted by molar-refractivity contribution is -0.139. The summed E-state index contributed by atoms with van der Waals surface area (Å²) in [5, 5.41) is -1.21. The normalized spacial score (nSPS) is 20.8. The molecule has 112 valence electrons. The molecule has 0 aromatic carbocycles. The zero-order valence-corrected chi connectivity index (χ0v) is 12.4. The summed E-state index contributed by atoms with van der Waals surface area (Å²) in [5.74, 6) is -0.495. The van der Waals surface area contributed by atoms with Crippen LogP contribution in [0.4, 0.5) is 0 Å². The number of nitrogens with one attached hydrogen (secondary N) is 1. The summed E-state index contributed by atoms with van der Waals surface area (Å²) in [5.41, 5.74) is 5.68. The fourth-order valence-corrected chi connectivity index (χ4v) is 3.74. The van der Waals surface area contributed by atoms with Gasteiger partial charge in [0, 0.05) is 12.6 Å². The number of hydrogen-bond donors (Lipinski definition) is 2. The van der Waals surface area contributed by atoms with E-state index in [1.807, 2.05) is 0 Å². The van der Waals surface area contributed by atoms with Crippen molar-refractivity contribution in [2.24, 2.45) is 11.7 Å². The van der Waals surface area contributed by atoms with Crippen molar-refractivity contribution in [3.05, 3.63) is 0 Å². The van der Waals surface area contributed by atoms with E-state index in [2.05, 4.69) is 9.46 Å². The van der Waals surface area contributed by atoms with Gasteiger partial charge in [0.2, 0.25) is 10.0 Å². The first kappa shape index (κ1) is 16.4. The summed E-state index contributed by atoms with van der Waals surface area (Å²) in [6.07, 6.45) is 5.37. The number of nitrogens with two attached hydrogens (primary N) is 1. The predicted octanol–water partition coefficient (Wildman–Crippen LogP) is 0.375. The first-order chi connectivity index (χ1) is 8.92. The van der Waals surface area contributed by atoms with Crippen molar-refractivity contribution in [3.8, 4) is 0 Å². The van der Waals surface area contributed by atoms with Gasteiger partial charge in [-0.25, -0.2) is 13.1 Å². The Morgan fingerprint density at radius 3 is 2.42 bits per heavy atom. The second kappa shape index (κ2) is 7.21. The van der Waals surface area contributed by atoms with E-state index in [1.54, 1.807) is 0 Å².